The van der Waals surface area contributed by atoms with Crippen molar-refractivity contribution in [3.8, 4) is 6.07 Å². The second-order valence-corrected chi connectivity index (χ2v) is 4.26. The first-order valence-electron chi connectivity index (χ1n) is 5.78. The quantitative estimate of drug-likeness (QED) is 0.909. The highest BCUT2D eigenvalue weighted by Crippen LogP contribution is 2.17. The summed E-state index contributed by atoms with van der Waals surface area (Å²) in [5, 5.41) is 11.7. The highest BCUT2D eigenvalue weighted by Gasteiger charge is 2.07. The highest BCUT2D eigenvalue weighted by molar-refractivity contribution is 5.47. The van der Waals surface area contributed by atoms with Gasteiger partial charge in [0.05, 0.1) is 5.56 Å². The van der Waals surface area contributed by atoms with Gasteiger partial charge in [0.15, 0.2) is 0 Å². The first kappa shape index (κ1) is 13.0. The molecule has 0 saturated carbocycles. The van der Waals surface area contributed by atoms with Crippen molar-refractivity contribution in [3.05, 3.63) is 64.7 Å². The molecule has 0 atom stereocenters. The first-order chi connectivity index (χ1) is 9.10. The van der Waals surface area contributed by atoms with E-state index < -0.39 is 5.82 Å². The fourth-order valence-corrected chi connectivity index (χ4v) is 1.84. The zero-order valence-electron chi connectivity index (χ0n) is 10.4. The van der Waals surface area contributed by atoms with Crippen LogP contribution in [0.5, 0.6) is 0 Å². The van der Waals surface area contributed by atoms with E-state index in [1.165, 1.54) is 18.2 Å². The molecule has 0 fully saturated rings. The van der Waals surface area contributed by atoms with E-state index in [-0.39, 0.29) is 17.9 Å². The van der Waals surface area contributed by atoms with E-state index in [4.69, 9.17) is 5.26 Å². The molecule has 19 heavy (non-hydrogen) atoms. The van der Waals surface area contributed by atoms with Gasteiger partial charge in [-0.3, -0.25) is 0 Å². The van der Waals surface area contributed by atoms with Gasteiger partial charge in [-0.25, -0.2) is 8.78 Å². The molecule has 96 valence electrons. The minimum absolute atomic E-state index is 0.00900. The zero-order chi connectivity index (χ0) is 13.8. The highest BCUT2D eigenvalue weighted by atomic mass is 19.1. The molecule has 0 heterocycles. The van der Waals surface area contributed by atoms with Gasteiger partial charge in [0.25, 0.3) is 0 Å². The lowest BCUT2D eigenvalue weighted by molar-refractivity contribution is 0.609. The molecule has 2 rings (SSSR count). The van der Waals surface area contributed by atoms with Crippen molar-refractivity contribution in [3.63, 3.8) is 0 Å². The Morgan fingerprint density at radius 2 is 2.00 bits per heavy atom. The molecule has 2 aromatic rings. The van der Waals surface area contributed by atoms with Crippen LogP contribution in [0.1, 0.15) is 16.7 Å². The van der Waals surface area contributed by atoms with Gasteiger partial charge in [0, 0.05) is 17.8 Å². The van der Waals surface area contributed by atoms with Crippen LogP contribution in [-0.2, 0) is 6.54 Å². The maximum atomic E-state index is 13.8. The minimum atomic E-state index is -0.536. The van der Waals surface area contributed by atoms with E-state index in [0.717, 1.165) is 5.56 Å². The van der Waals surface area contributed by atoms with E-state index in [9.17, 15) is 8.78 Å². The molecule has 0 aliphatic carbocycles. The van der Waals surface area contributed by atoms with E-state index in [1.54, 1.807) is 31.2 Å². The number of nitriles is 1. The Morgan fingerprint density at radius 3 is 2.68 bits per heavy atom. The Morgan fingerprint density at radius 1 is 1.21 bits per heavy atom. The molecule has 2 nitrogen and oxygen atoms in total. The van der Waals surface area contributed by atoms with E-state index in [1.807, 2.05) is 0 Å². The van der Waals surface area contributed by atoms with Crippen LogP contribution in [0.25, 0.3) is 0 Å². The Hall–Kier alpha value is -2.41. The minimum Gasteiger partial charge on any atom is -0.381 e. The van der Waals surface area contributed by atoms with Gasteiger partial charge in [0.1, 0.15) is 17.7 Å². The Bertz CT molecular complexity index is 625. The molecule has 0 amide bonds. The van der Waals surface area contributed by atoms with Crippen molar-refractivity contribution in [1.29, 1.82) is 5.26 Å². The number of aryl methyl sites for hydroxylation is 1. The molecule has 1 N–H and O–H groups in total. The monoisotopic (exact) mass is 258 g/mol. The van der Waals surface area contributed by atoms with Crippen molar-refractivity contribution in [2.75, 3.05) is 5.32 Å². The van der Waals surface area contributed by atoms with Gasteiger partial charge in [-0.15, -0.1) is 0 Å². The molecule has 0 unspecified atom stereocenters. The summed E-state index contributed by atoms with van der Waals surface area (Å²) in [6.07, 6.45) is 0. The molecule has 0 aliphatic heterocycles. The van der Waals surface area contributed by atoms with Gasteiger partial charge >= 0.3 is 0 Å². The largest absolute Gasteiger partial charge is 0.381 e. The van der Waals surface area contributed by atoms with Gasteiger partial charge in [-0.2, -0.15) is 5.26 Å². The van der Waals surface area contributed by atoms with Gasteiger partial charge in [-0.05, 0) is 36.8 Å². The smallest absolute Gasteiger partial charge is 0.145 e. The van der Waals surface area contributed by atoms with Crippen LogP contribution in [-0.4, -0.2) is 0 Å². The Labute approximate surface area is 110 Å². The van der Waals surface area contributed by atoms with Crippen molar-refractivity contribution < 1.29 is 8.78 Å². The van der Waals surface area contributed by atoms with Crippen LogP contribution in [0, 0.1) is 29.9 Å². The summed E-state index contributed by atoms with van der Waals surface area (Å²) in [6.45, 7) is 1.98. The summed E-state index contributed by atoms with van der Waals surface area (Å²) >= 11 is 0. The van der Waals surface area contributed by atoms with E-state index >= 15 is 0 Å². The SMILES string of the molecule is Cc1cc(F)cc(NCc2cccc(C#N)c2F)c1. The number of halogens is 2. The van der Waals surface area contributed by atoms with E-state index in [0.29, 0.717) is 11.3 Å². The molecular weight excluding hydrogens is 246 g/mol. The number of nitrogens with zero attached hydrogens (tertiary/aromatic N) is 1. The number of rotatable bonds is 3. The molecule has 0 bridgehead atoms. The average molecular weight is 258 g/mol. The van der Waals surface area contributed by atoms with Crippen LogP contribution in [0.2, 0.25) is 0 Å². The molecule has 0 aliphatic rings. The summed E-state index contributed by atoms with van der Waals surface area (Å²) < 4.78 is 27.0. The average Bonchev–Trinajstić information content (AvgIpc) is 2.36. The second-order valence-electron chi connectivity index (χ2n) is 4.26. The van der Waals surface area contributed by atoms with Crippen LogP contribution >= 0.6 is 0 Å². The fraction of sp³-hybridized carbons (Fsp3) is 0.133. The Balaban J connectivity index is 2.17. The van der Waals surface area contributed by atoms with Gasteiger partial charge in [0.2, 0.25) is 0 Å². The standard InChI is InChI=1S/C15H12F2N2/c1-10-5-13(16)7-14(6-10)19-9-12-4-2-3-11(8-18)15(12)17/h2-7,19H,9H2,1H3. The second kappa shape index (κ2) is 5.49. The van der Waals surface area contributed by atoms with Crippen LogP contribution in [0.3, 0.4) is 0 Å². The third kappa shape index (κ3) is 3.08. The summed E-state index contributed by atoms with van der Waals surface area (Å²) in [4.78, 5) is 0. The third-order valence-electron chi connectivity index (χ3n) is 2.72. The van der Waals surface area contributed by atoms with Crippen LogP contribution in [0.4, 0.5) is 14.5 Å². The topological polar surface area (TPSA) is 35.8 Å². The number of hydrogen-bond acceptors (Lipinski definition) is 2. The molecular formula is C15H12F2N2. The predicted molar refractivity (Wildman–Crippen MR) is 69.6 cm³/mol. The Kier molecular flexibility index (Phi) is 3.76. The maximum Gasteiger partial charge on any atom is 0.145 e. The van der Waals surface area contributed by atoms with Crippen molar-refractivity contribution in [1.82, 2.24) is 0 Å². The predicted octanol–water partition coefficient (Wildman–Crippen LogP) is 3.76. The lowest BCUT2D eigenvalue weighted by Gasteiger charge is -2.09. The lowest BCUT2D eigenvalue weighted by Crippen LogP contribution is -2.03. The number of anilines is 1. The van der Waals surface area contributed by atoms with Gasteiger partial charge < -0.3 is 5.32 Å². The van der Waals surface area contributed by atoms with Crippen LogP contribution in [0.15, 0.2) is 36.4 Å². The molecule has 2 aromatic carbocycles. The molecule has 4 heteroatoms. The zero-order valence-corrected chi connectivity index (χ0v) is 10.4. The summed E-state index contributed by atoms with van der Waals surface area (Å²) in [5.74, 6) is -0.876. The van der Waals surface area contributed by atoms with Crippen molar-refractivity contribution >= 4 is 5.69 Å². The normalized spacial score (nSPS) is 10.0. The molecule has 0 spiro atoms. The summed E-state index contributed by atoms with van der Waals surface area (Å²) in [5.41, 5.74) is 1.75. The first-order valence-corrected chi connectivity index (χ1v) is 5.78. The van der Waals surface area contributed by atoms with E-state index in [2.05, 4.69) is 5.32 Å². The molecule has 0 aromatic heterocycles. The molecule has 0 radical (unpaired) electrons. The lowest BCUT2D eigenvalue weighted by atomic mass is 10.1. The van der Waals surface area contributed by atoms with Crippen molar-refractivity contribution in [2.24, 2.45) is 0 Å². The summed E-state index contributed by atoms with van der Waals surface area (Å²) in [6, 6.07) is 11.0. The van der Waals surface area contributed by atoms with Crippen molar-refractivity contribution in [2.45, 2.75) is 13.5 Å². The molecule has 0 saturated heterocycles. The number of nitrogens with one attached hydrogen (secondary N) is 1. The van der Waals surface area contributed by atoms with Crippen LogP contribution < -0.4 is 5.32 Å². The summed E-state index contributed by atoms with van der Waals surface area (Å²) in [7, 11) is 0. The number of hydrogen-bond donors (Lipinski definition) is 1. The van der Waals surface area contributed by atoms with Gasteiger partial charge in [-0.1, -0.05) is 12.1 Å². The number of benzene rings is 2. The fourth-order valence-electron chi connectivity index (χ4n) is 1.84. The maximum absolute atomic E-state index is 13.8. The third-order valence-corrected chi connectivity index (χ3v) is 2.72.